The van der Waals surface area contributed by atoms with Gasteiger partial charge in [-0.15, -0.1) is 0 Å². The molecule has 158 valence electrons. The van der Waals surface area contributed by atoms with Crippen molar-refractivity contribution in [1.29, 1.82) is 0 Å². The van der Waals surface area contributed by atoms with E-state index in [-0.39, 0.29) is 11.8 Å². The van der Waals surface area contributed by atoms with Crippen molar-refractivity contribution >= 4 is 28.3 Å². The van der Waals surface area contributed by atoms with Crippen molar-refractivity contribution in [2.75, 3.05) is 17.6 Å². The number of rotatable bonds is 7. The summed E-state index contributed by atoms with van der Waals surface area (Å²) in [5, 5.41) is 6.26. The fraction of sp³-hybridized carbons (Fsp3) is 0.318. The van der Waals surface area contributed by atoms with Crippen molar-refractivity contribution in [3.8, 4) is 17.0 Å². The van der Waals surface area contributed by atoms with Crippen LogP contribution in [0.3, 0.4) is 0 Å². The number of amides is 2. The first-order valence-electron chi connectivity index (χ1n) is 9.98. The average Bonchev–Trinajstić information content (AvgIpc) is 3.48. The topological polar surface area (TPSA) is 81.3 Å². The number of nitrogens with one attached hydrogen (secondary N) is 2. The van der Waals surface area contributed by atoms with Gasteiger partial charge in [0, 0.05) is 35.8 Å². The SMILES string of the molecule is CCNC(=O)Nc1ccc(-c2c(N)c3ccc(OC(F)F)cc3n2CC2CC2)cc1. The number of aromatic nitrogens is 1. The second kappa shape index (κ2) is 8.22. The first kappa shape index (κ1) is 20.0. The van der Waals surface area contributed by atoms with E-state index in [1.54, 1.807) is 12.1 Å². The first-order valence-corrected chi connectivity index (χ1v) is 9.98. The number of alkyl halides is 2. The Hall–Kier alpha value is -3.29. The first-order chi connectivity index (χ1) is 14.5. The van der Waals surface area contributed by atoms with Gasteiger partial charge in [0.1, 0.15) is 5.75 Å². The molecule has 0 radical (unpaired) electrons. The molecule has 0 aliphatic heterocycles. The molecule has 2 amide bonds. The Labute approximate surface area is 173 Å². The predicted molar refractivity (Wildman–Crippen MR) is 114 cm³/mol. The Morgan fingerprint density at radius 2 is 1.97 bits per heavy atom. The largest absolute Gasteiger partial charge is 0.435 e. The van der Waals surface area contributed by atoms with Crippen LogP contribution in [0.1, 0.15) is 19.8 Å². The van der Waals surface area contributed by atoms with Gasteiger partial charge in [0.05, 0.1) is 16.9 Å². The second-order valence-corrected chi connectivity index (χ2v) is 7.44. The van der Waals surface area contributed by atoms with Gasteiger partial charge < -0.3 is 25.7 Å². The van der Waals surface area contributed by atoms with Gasteiger partial charge in [-0.2, -0.15) is 8.78 Å². The van der Waals surface area contributed by atoms with Gasteiger partial charge >= 0.3 is 12.6 Å². The molecular weight excluding hydrogens is 390 g/mol. The normalized spacial score (nSPS) is 13.6. The maximum absolute atomic E-state index is 12.7. The summed E-state index contributed by atoms with van der Waals surface area (Å²) in [7, 11) is 0. The molecule has 0 saturated heterocycles. The molecule has 2 aromatic carbocycles. The number of nitrogens with two attached hydrogens (primary N) is 1. The number of fused-ring (bicyclic) bond motifs is 1. The summed E-state index contributed by atoms with van der Waals surface area (Å²) in [6.07, 6.45) is 2.28. The summed E-state index contributed by atoms with van der Waals surface area (Å²) in [5.74, 6) is 0.664. The number of nitrogen functional groups attached to an aromatic ring is 1. The zero-order chi connectivity index (χ0) is 21.3. The highest BCUT2D eigenvalue weighted by atomic mass is 19.3. The van der Waals surface area contributed by atoms with Crippen LogP contribution in [0.15, 0.2) is 42.5 Å². The molecule has 1 aliphatic rings. The maximum atomic E-state index is 12.7. The van der Waals surface area contributed by atoms with Gasteiger partial charge in [-0.1, -0.05) is 12.1 Å². The molecule has 4 rings (SSSR count). The molecule has 1 saturated carbocycles. The van der Waals surface area contributed by atoms with Crippen LogP contribution in [0.5, 0.6) is 5.75 Å². The molecule has 0 bridgehead atoms. The van der Waals surface area contributed by atoms with Gasteiger partial charge in [0.2, 0.25) is 0 Å². The van der Waals surface area contributed by atoms with E-state index in [1.165, 1.54) is 6.07 Å². The zero-order valence-electron chi connectivity index (χ0n) is 16.6. The van der Waals surface area contributed by atoms with Gasteiger partial charge in [0.15, 0.2) is 0 Å². The van der Waals surface area contributed by atoms with Crippen LogP contribution in [0, 0.1) is 5.92 Å². The molecule has 0 spiro atoms. The third-order valence-electron chi connectivity index (χ3n) is 5.19. The Morgan fingerprint density at radius 3 is 2.60 bits per heavy atom. The van der Waals surface area contributed by atoms with E-state index in [2.05, 4.69) is 19.9 Å². The van der Waals surface area contributed by atoms with Gasteiger partial charge in [-0.3, -0.25) is 0 Å². The molecule has 8 heteroatoms. The molecule has 1 fully saturated rings. The number of nitrogens with zero attached hydrogens (tertiary/aromatic N) is 1. The molecule has 1 heterocycles. The fourth-order valence-corrected chi connectivity index (χ4v) is 3.64. The summed E-state index contributed by atoms with van der Waals surface area (Å²) in [4.78, 5) is 11.7. The molecule has 1 aliphatic carbocycles. The third-order valence-corrected chi connectivity index (χ3v) is 5.19. The van der Waals surface area contributed by atoms with Crippen molar-refractivity contribution in [2.24, 2.45) is 5.92 Å². The summed E-state index contributed by atoms with van der Waals surface area (Å²) in [6, 6.07) is 12.0. The highest BCUT2D eigenvalue weighted by Gasteiger charge is 2.26. The second-order valence-electron chi connectivity index (χ2n) is 7.44. The average molecular weight is 414 g/mol. The van der Waals surface area contributed by atoms with Crippen LogP contribution >= 0.6 is 0 Å². The molecule has 30 heavy (non-hydrogen) atoms. The Bertz CT molecular complexity index is 1060. The molecule has 3 aromatic rings. The molecule has 4 N–H and O–H groups in total. The van der Waals surface area contributed by atoms with Gasteiger partial charge in [-0.25, -0.2) is 4.79 Å². The lowest BCUT2D eigenvalue weighted by Crippen LogP contribution is -2.28. The summed E-state index contributed by atoms with van der Waals surface area (Å²) >= 11 is 0. The van der Waals surface area contributed by atoms with Crippen LogP contribution in [-0.2, 0) is 6.54 Å². The number of benzene rings is 2. The van der Waals surface area contributed by atoms with Crippen LogP contribution in [0.2, 0.25) is 0 Å². The monoisotopic (exact) mass is 414 g/mol. The van der Waals surface area contributed by atoms with Crippen molar-refractivity contribution in [1.82, 2.24) is 9.88 Å². The summed E-state index contributed by atoms with van der Waals surface area (Å²) in [5.41, 5.74) is 10.3. The minimum absolute atomic E-state index is 0.111. The predicted octanol–water partition coefficient (Wildman–Crippen LogP) is 5.04. The lowest BCUT2D eigenvalue weighted by Gasteiger charge is -2.13. The van der Waals surface area contributed by atoms with Crippen molar-refractivity contribution in [2.45, 2.75) is 32.9 Å². The van der Waals surface area contributed by atoms with Gasteiger partial charge in [0.25, 0.3) is 0 Å². The molecule has 1 aromatic heterocycles. The molecule has 0 atom stereocenters. The quantitative estimate of drug-likeness (QED) is 0.506. The smallest absolute Gasteiger partial charge is 0.387 e. The molecule has 0 unspecified atom stereocenters. The summed E-state index contributed by atoms with van der Waals surface area (Å²) in [6.45, 7) is 0.275. The number of halogens is 2. The number of hydrogen-bond donors (Lipinski definition) is 3. The Kier molecular flexibility index (Phi) is 5.48. The van der Waals surface area contributed by atoms with Crippen molar-refractivity contribution < 1.29 is 18.3 Å². The lowest BCUT2D eigenvalue weighted by molar-refractivity contribution is -0.0497. The number of carbonyl (C=O) groups is 1. The Morgan fingerprint density at radius 1 is 1.23 bits per heavy atom. The summed E-state index contributed by atoms with van der Waals surface area (Å²) < 4.78 is 32.0. The van der Waals surface area contributed by atoms with E-state index >= 15 is 0 Å². The van der Waals surface area contributed by atoms with E-state index in [1.807, 2.05) is 31.2 Å². The third kappa shape index (κ3) is 4.17. The van der Waals surface area contributed by atoms with Crippen LogP contribution in [0.25, 0.3) is 22.2 Å². The Balaban J connectivity index is 1.73. The standard InChI is InChI=1S/C22H24F2N4O2/c1-2-26-22(29)27-15-7-5-14(6-8-15)20-19(25)17-10-9-16(30-21(23)24)11-18(17)28(20)12-13-3-4-13/h5-11,13,21H,2-4,12,25H2,1H3,(H2,26,27,29). The van der Waals surface area contributed by atoms with Crippen LogP contribution < -0.4 is 21.1 Å². The number of hydrogen-bond acceptors (Lipinski definition) is 3. The lowest BCUT2D eigenvalue weighted by atomic mass is 10.1. The van der Waals surface area contributed by atoms with E-state index < -0.39 is 6.61 Å². The van der Waals surface area contributed by atoms with E-state index in [4.69, 9.17) is 5.73 Å². The van der Waals surface area contributed by atoms with Gasteiger partial charge in [-0.05, 0) is 49.9 Å². The van der Waals surface area contributed by atoms with E-state index in [0.717, 1.165) is 41.5 Å². The number of urea groups is 1. The minimum Gasteiger partial charge on any atom is -0.435 e. The number of anilines is 2. The van der Waals surface area contributed by atoms with Crippen molar-refractivity contribution in [3.63, 3.8) is 0 Å². The zero-order valence-corrected chi connectivity index (χ0v) is 16.6. The van der Waals surface area contributed by atoms with Crippen molar-refractivity contribution in [3.05, 3.63) is 42.5 Å². The van der Waals surface area contributed by atoms with Crippen LogP contribution in [-0.4, -0.2) is 23.8 Å². The van der Waals surface area contributed by atoms with E-state index in [0.29, 0.717) is 23.8 Å². The fourth-order valence-electron chi connectivity index (χ4n) is 3.64. The molecular formula is C22H24F2N4O2. The number of carbonyl (C=O) groups excluding carboxylic acids is 1. The minimum atomic E-state index is -2.88. The van der Waals surface area contributed by atoms with Crippen LogP contribution in [0.4, 0.5) is 25.0 Å². The van der Waals surface area contributed by atoms with E-state index in [9.17, 15) is 13.6 Å². The highest BCUT2D eigenvalue weighted by molar-refractivity contribution is 6.01. The molecule has 6 nitrogen and oxygen atoms in total. The maximum Gasteiger partial charge on any atom is 0.387 e. The highest BCUT2D eigenvalue weighted by Crippen LogP contribution is 2.41. The number of ether oxygens (including phenoxy) is 1.